The average Bonchev–Trinajstić information content (AvgIpc) is 2.67. The Morgan fingerprint density at radius 3 is 2.45 bits per heavy atom. The van der Waals surface area contributed by atoms with E-state index < -0.39 is 0 Å². The number of hydrogen-bond acceptors (Lipinski definition) is 2. The van der Waals surface area contributed by atoms with E-state index in [0.29, 0.717) is 11.3 Å². The predicted molar refractivity (Wildman–Crippen MR) is 86.4 cm³/mol. The Bertz CT molecular complexity index is 436. The fourth-order valence-electron chi connectivity index (χ4n) is 2.70. The molecule has 1 amide bonds. The van der Waals surface area contributed by atoms with Crippen LogP contribution in [0.15, 0.2) is 29.2 Å². The third-order valence-corrected chi connectivity index (χ3v) is 4.77. The summed E-state index contributed by atoms with van der Waals surface area (Å²) in [5, 5.41) is 3.72. The molecule has 1 N–H and O–H groups in total. The van der Waals surface area contributed by atoms with Crippen molar-refractivity contribution in [2.45, 2.75) is 68.6 Å². The molecule has 20 heavy (non-hydrogen) atoms. The Morgan fingerprint density at radius 2 is 1.80 bits per heavy atom. The Labute approximate surface area is 126 Å². The first-order valence-corrected chi connectivity index (χ1v) is 8.61. The van der Waals surface area contributed by atoms with Crippen molar-refractivity contribution in [3.8, 4) is 0 Å². The van der Waals surface area contributed by atoms with E-state index in [9.17, 15) is 4.79 Å². The van der Waals surface area contributed by atoms with Crippen molar-refractivity contribution in [2.75, 3.05) is 0 Å². The third-order valence-electron chi connectivity index (χ3n) is 3.68. The highest BCUT2D eigenvalue weighted by atomic mass is 32.2. The molecule has 1 aliphatic carbocycles. The van der Waals surface area contributed by atoms with Crippen molar-refractivity contribution in [1.29, 1.82) is 0 Å². The van der Waals surface area contributed by atoms with Crippen LogP contribution < -0.4 is 5.32 Å². The van der Waals surface area contributed by atoms with Gasteiger partial charge in [0.2, 0.25) is 0 Å². The Morgan fingerprint density at radius 1 is 1.15 bits per heavy atom. The predicted octanol–water partition coefficient (Wildman–Crippen LogP) is 4.64. The number of hydrogen-bond donors (Lipinski definition) is 1. The van der Waals surface area contributed by atoms with Crippen LogP contribution in [0.5, 0.6) is 0 Å². The van der Waals surface area contributed by atoms with Crippen molar-refractivity contribution >= 4 is 17.7 Å². The van der Waals surface area contributed by atoms with E-state index in [-0.39, 0.29) is 5.91 Å². The van der Waals surface area contributed by atoms with Crippen molar-refractivity contribution in [3.05, 3.63) is 29.8 Å². The third kappa shape index (κ3) is 4.55. The van der Waals surface area contributed by atoms with Gasteiger partial charge in [-0.05, 0) is 25.0 Å². The molecular weight excluding hydrogens is 266 g/mol. The lowest BCUT2D eigenvalue weighted by atomic mass is 10.1. The summed E-state index contributed by atoms with van der Waals surface area (Å²) in [4.78, 5) is 13.6. The minimum atomic E-state index is 0.0978. The number of rotatable bonds is 4. The van der Waals surface area contributed by atoms with Crippen LogP contribution in [0.2, 0.25) is 0 Å². The number of amides is 1. The van der Waals surface area contributed by atoms with Gasteiger partial charge in [0.25, 0.3) is 5.91 Å². The van der Waals surface area contributed by atoms with Crippen molar-refractivity contribution in [2.24, 2.45) is 0 Å². The van der Waals surface area contributed by atoms with E-state index in [0.717, 1.165) is 23.3 Å². The molecule has 0 radical (unpaired) electrons. The van der Waals surface area contributed by atoms with Crippen LogP contribution in [-0.2, 0) is 0 Å². The lowest BCUT2D eigenvalue weighted by molar-refractivity contribution is 0.0930. The van der Waals surface area contributed by atoms with Crippen LogP contribution >= 0.6 is 11.8 Å². The van der Waals surface area contributed by atoms with E-state index >= 15 is 0 Å². The van der Waals surface area contributed by atoms with Gasteiger partial charge in [-0.3, -0.25) is 4.79 Å². The molecule has 0 bridgehead atoms. The van der Waals surface area contributed by atoms with Gasteiger partial charge < -0.3 is 5.32 Å². The zero-order valence-corrected chi connectivity index (χ0v) is 13.3. The molecule has 3 heteroatoms. The standard InChI is InChI=1S/C17H25NOS/c1-13(2)20-16-12-8-7-11-15(16)17(19)18-14-9-5-3-4-6-10-14/h7-8,11-14H,3-6,9-10H2,1-2H3,(H,18,19). The molecular formula is C17H25NOS. The first kappa shape index (κ1) is 15.4. The van der Waals surface area contributed by atoms with E-state index in [1.807, 2.05) is 24.3 Å². The van der Waals surface area contributed by atoms with Gasteiger partial charge in [-0.25, -0.2) is 0 Å². The quantitative estimate of drug-likeness (QED) is 0.647. The summed E-state index contributed by atoms with van der Waals surface area (Å²) in [6.07, 6.45) is 7.37. The summed E-state index contributed by atoms with van der Waals surface area (Å²) in [5.74, 6) is 0.0978. The molecule has 0 saturated heterocycles. The van der Waals surface area contributed by atoms with Crippen LogP contribution in [0, 0.1) is 0 Å². The average molecular weight is 291 g/mol. The molecule has 0 aromatic heterocycles. The normalized spacial score (nSPS) is 16.9. The molecule has 2 rings (SSSR count). The molecule has 0 heterocycles. The molecule has 2 nitrogen and oxygen atoms in total. The summed E-state index contributed by atoms with van der Waals surface area (Å²) in [6, 6.07) is 8.31. The van der Waals surface area contributed by atoms with E-state index in [1.54, 1.807) is 11.8 Å². The highest BCUT2D eigenvalue weighted by Crippen LogP contribution is 2.27. The number of nitrogens with one attached hydrogen (secondary N) is 1. The van der Waals surface area contributed by atoms with Gasteiger partial charge in [0, 0.05) is 16.2 Å². The Balaban J connectivity index is 2.04. The number of carbonyl (C=O) groups excluding carboxylic acids is 1. The molecule has 0 spiro atoms. The van der Waals surface area contributed by atoms with Gasteiger partial charge in [0.05, 0.1) is 5.56 Å². The molecule has 0 atom stereocenters. The fourth-order valence-corrected chi connectivity index (χ4v) is 3.65. The smallest absolute Gasteiger partial charge is 0.252 e. The van der Waals surface area contributed by atoms with E-state index in [2.05, 4.69) is 19.2 Å². The molecule has 1 saturated carbocycles. The van der Waals surface area contributed by atoms with Crippen LogP contribution in [0.3, 0.4) is 0 Å². The SMILES string of the molecule is CC(C)Sc1ccccc1C(=O)NC1CCCCCC1. The molecule has 1 fully saturated rings. The van der Waals surface area contributed by atoms with Crippen molar-refractivity contribution in [3.63, 3.8) is 0 Å². The molecule has 1 aromatic carbocycles. The second kappa shape index (κ2) is 7.72. The summed E-state index contributed by atoms with van der Waals surface area (Å²) < 4.78 is 0. The van der Waals surface area contributed by atoms with Crippen LogP contribution in [0.4, 0.5) is 0 Å². The molecule has 1 aromatic rings. The maximum atomic E-state index is 12.5. The van der Waals surface area contributed by atoms with Gasteiger partial charge in [-0.1, -0.05) is 51.7 Å². The summed E-state index contributed by atoms with van der Waals surface area (Å²) in [6.45, 7) is 4.31. The largest absolute Gasteiger partial charge is 0.349 e. The summed E-state index contributed by atoms with van der Waals surface area (Å²) >= 11 is 1.76. The van der Waals surface area contributed by atoms with Gasteiger partial charge in [0.1, 0.15) is 0 Å². The lowest BCUT2D eigenvalue weighted by Gasteiger charge is -2.18. The maximum Gasteiger partial charge on any atom is 0.252 e. The second-order valence-corrected chi connectivity index (χ2v) is 7.44. The molecule has 1 aliphatic rings. The zero-order valence-electron chi connectivity index (χ0n) is 12.5. The zero-order chi connectivity index (χ0) is 14.4. The highest BCUT2D eigenvalue weighted by molar-refractivity contribution is 8.00. The second-order valence-electron chi connectivity index (χ2n) is 5.82. The van der Waals surface area contributed by atoms with Crippen LogP contribution in [-0.4, -0.2) is 17.2 Å². The molecule has 110 valence electrons. The number of thioether (sulfide) groups is 1. The lowest BCUT2D eigenvalue weighted by Crippen LogP contribution is -2.34. The van der Waals surface area contributed by atoms with Crippen molar-refractivity contribution in [1.82, 2.24) is 5.32 Å². The van der Waals surface area contributed by atoms with Gasteiger partial charge >= 0.3 is 0 Å². The monoisotopic (exact) mass is 291 g/mol. The van der Waals surface area contributed by atoms with Gasteiger partial charge in [-0.15, -0.1) is 11.8 Å². The summed E-state index contributed by atoms with van der Waals surface area (Å²) in [7, 11) is 0. The number of benzene rings is 1. The first-order valence-electron chi connectivity index (χ1n) is 7.73. The van der Waals surface area contributed by atoms with E-state index in [4.69, 9.17) is 0 Å². The topological polar surface area (TPSA) is 29.1 Å². The van der Waals surface area contributed by atoms with Gasteiger partial charge in [-0.2, -0.15) is 0 Å². The van der Waals surface area contributed by atoms with Crippen LogP contribution in [0.1, 0.15) is 62.7 Å². The van der Waals surface area contributed by atoms with Crippen LogP contribution in [0.25, 0.3) is 0 Å². The van der Waals surface area contributed by atoms with Crippen molar-refractivity contribution < 1.29 is 4.79 Å². The molecule has 0 aliphatic heterocycles. The molecule has 0 unspecified atom stereocenters. The Kier molecular flexibility index (Phi) is 5.96. The minimum absolute atomic E-state index is 0.0978. The Hall–Kier alpha value is -0.960. The first-order chi connectivity index (χ1) is 9.66. The maximum absolute atomic E-state index is 12.5. The summed E-state index contributed by atoms with van der Waals surface area (Å²) in [5.41, 5.74) is 0.829. The van der Waals surface area contributed by atoms with E-state index in [1.165, 1.54) is 25.7 Å². The van der Waals surface area contributed by atoms with Gasteiger partial charge in [0.15, 0.2) is 0 Å². The fraction of sp³-hybridized carbons (Fsp3) is 0.588. The highest BCUT2D eigenvalue weighted by Gasteiger charge is 2.18. The number of carbonyl (C=O) groups is 1. The minimum Gasteiger partial charge on any atom is -0.349 e.